The maximum atomic E-state index is 11.8. The normalized spacial score (nSPS) is 19.7. The first-order valence-corrected chi connectivity index (χ1v) is 6.13. The van der Waals surface area contributed by atoms with Gasteiger partial charge in [-0.25, -0.2) is 0 Å². The molecule has 0 saturated carbocycles. The first-order chi connectivity index (χ1) is 8.06. The van der Waals surface area contributed by atoms with Gasteiger partial charge in [-0.3, -0.25) is 19.3 Å². The Labute approximate surface area is 101 Å². The number of unbranched alkanes of at least 4 members (excludes halogenated alkanes) is 1. The zero-order valence-corrected chi connectivity index (χ0v) is 10.1. The molecule has 1 aliphatic rings. The fraction of sp³-hybridized carbons (Fsp3) is 0.750. The fourth-order valence-corrected chi connectivity index (χ4v) is 2.13. The van der Waals surface area contributed by atoms with Gasteiger partial charge in [-0.2, -0.15) is 0 Å². The molecule has 0 aliphatic carbocycles. The van der Waals surface area contributed by atoms with Crippen LogP contribution in [0.3, 0.4) is 0 Å². The monoisotopic (exact) mass is 241 g/mol. The van der Waals surface area contributed by atoms with Gasteiger partial charge in [-0.15, -0.1) is 0 Å². The number of rotatable bonds is 6. The van der Waals surface area contributed by atoms with Gasteiger partial charge in [0.1, 0.15) is 0 Å². The summed E-state index contributed by atoms with van der Waals surface area (Å²) in [4.78, 5) is 35.1. The number of hydrogen-bond acceptors (Lipinski definition) is 3. The molecule has 1 fully saturated rings. The molecule has 17 heavy (non-hydrogen) atoms. The molecule has 1 rings (SSSR count). The number of amides is 2. The highest BCUT2D eigenvalue weighted by Gasteiger charge is 2.34. The summed E-state index contributed by atoms with van der Waals surface area (Å²) in [5.74, 6) is -1.49. The summed E-state index contributed by atoms with van der Waals surface area (Å²) in [6.07, 6.45) is 3.70. The van der Waals surface area contributed by atoms with Crippen molar-refractivity contribution in [3.8, 4) is 0 Å². The van der Waals surface area contributed by atoms with Crippen LogP contribution in [0.2, 0.25) is 0 Å². The minimum Gasteiger partial charge on any atom is -0.481 e. The van der Waals surface area contributed by atoms with E-state index < -0.39 is 5.97 Å². The largest absolute Gasteiger partial charge is 0.481 e. The van der Waals surface area contributed by atoms with E-state index in [1.807, 2.05) is 0 Å². The lowest BCUT2D eigenvalue weighted by Gasteiger charge is -2.22. The Balaban J connectivity index is 2.54. The zero-order valence-electron chi connectivity index (χ0n) is 10.1. The van der Waals surface area contributed by atoms with Crippen LogP contribution < -0.4 is 0 Å². The lowest BCUT2D eigenvalue weighted by Crippen LogP contribution is -2.38. The van der Waals surface area contributed by atoms with Crippen molar-refractivity contribution in [3.05, 3.63) is 0 Å². The Bertz CT molecular complexity index is 314. The molecule has 1 unspecified atom stereocenters. The first-order valence-electron chi connectivity index (χ1n) is 6.13. The summed E-state index contributed by atoms with van der Waals surface area (Å²) < 4.78 is 0. The number of hydrogen-bond donors (Lipinski definition) is 1. The highest BCUT2D eigenvalue weighted by Crippen LogP contribution is 2.24. The standard InChI is InChI=1S/C12H19NO4/c1-2-3-4-9-5-6-10(14)13(9)11(15)7-8-12(16)17/h9H,2-8H2,1H3,(H,16,17). The van der Waals surface area contributed by atoms with Gasteiger partial charge in [0.25, 0.3) is 0 Å². The van der Waals surface area contributed by atoms with Gasteiger partial charge in [0, 0.05) is 18.9 Å². The number of carbonyl (C=O) groups excluding carboxylic acids is 2. The van der Waals surface area contributed by atoms with Crippen LogP contribution in [0.25, 0.3) is 0 Å². The van der Waals surface area contributed by atoms with Crippen molar-refractivity contribution in [1.82, 2.24) is 4.90 Å². The minimum absolute atomic E-state index is 0.0104. The number of carboxylic acids is 1. The third kappa shape index (κ3) is 3.84. The molecule has 0 aromatic rings. The maximum absolute atomic E-state index is 11.8. The van der Waals surface area contributed by atoms with Crippen LogP contribution in [-0.2, 0) is 14.4 Å². The number of likely N-dealkylation sites (tertiary alicyclic amines) is 1. The van der Waals surface area contributed by atoms with Gasteiger partial charge in [-0.05, 0) is 12.8 Å². The Hall–Kier alpha value is -1.39. The number of carboxylic acid groups (broad SMARTS) is 1. The molecule has 1 atom stereocenters. The van der Waals surface area contributed by atoms with Gasteiger partial charge in [0.15, 0.2) is 0 Å². The van der Waals surface area contributed by atoms with Crippen LogP contribution in [0, 0.1) is 0 Å². The molecular weight excluding hydrogens is 222 g/mol. The van der Waals surface area contributed by atoms with Crippen molar-refractivity contribution in [1.29, 1.82) is 0 Å². The average molecular weight is 241 g/mol. The van der Waals surface area contributed by atoms with Crippen LogP contribution in [0.15, 0.2) is 0 Å². The van der Waals surface area contributed by atoms with Crippen LogP contribution >= 0.6 is 0 Å². The summed E-state index contributed by atoms with van der Waals surface area (Å²) in [7, 11) is 0. The fourth-order valence-electron chi connectivity index (χ4n) is 2.13. The lowest BCUT2D eigenvalue weighted by atomic mass is 10.1. The van der Waals surface area contributed by atoms with Crippen molar-refractivity contribution in [2.75, 3.05) is 0 Å². The molecule has 0 aromatic heterocycles. The van der Waals surface area contributed by atoms with E-state index in [4.69, 9.17) is 5.11 Å². The molecule has 0 spiro atoms. The second kappa shape index (κ2) is 6.37. The van der Waals surface area contributed by atoms with E-state index >= 15 is 0 Å². The summed E-state index contributed by atoms with van der Waals surface area (Å²) in [6.45, 7) is 2.06. The van der Waals surface area contributed by atoms with E-state index in [1.54, 1.807) is 0 Å². The molecule has 0 bridgehead atoms. The second-order valence-electron chi connectivity index (χ2n) is 4.39. The van der Waals surface area contributed by atoms with Gasteiger partial charge < -0.3 is 5.11 Å². The second-order valence-corrected chi connectivity index (χ2v) is 4.39. The predicted molar refractivity (Wildman–Crippen MR) is 61.3 cm³/mol. The summed E-state index contributed by atoms with van der Waals surface area (Å²) in [5.41, 5.74) is 0. The molecule has 1 heterocycles. The molecule has 5 nitrogen and oxygen atoms in total. The zero-order chi connectivity index (χ0) is 12.8. The number of imide groups is 1. The van der Waals surface area contributed by atoms with E-state index in [1.165, 1.54) is 4.90 Å². The highest BCUT2D eigenvalue weighted by molar-refractivity contribution is 5.97. The minimum atomic E-state index is -1.00. The number of aliphatic carboxylic acids is 1. The van der Waals surface area contributed by atoms with Crippen LogP contribution in [-0.4, -0.2) is 33.8 Å². The molecule has 5 heteroatoms. The van der Waals surface area contributed by atoms with E-state index in [0.29, 0.717) is 6.42 Å². The summed E-state index contributed by atoms with van der Waals surface area (Å²) >= 11 is 0. The van der Waals surface area contributed by atoms with Crippen molar-refractivity contribution in [3.63, 3.8) is 0 Å². The topological polar surface area (TPSA) is 74.7 Å². The van der Waals surface area contributed by atoms with Crippen LogP contribution in [0.1, 0.15) is 51.9 Å². The Morgan fingerprint density at radius 3 is 2.71 bits per heavy atom. The molecule has 1 N–H and O–H groups in total. The number of carbonyl (C=O) groups is 3. The third-order valence-corrected chi connectivity index (χ3v) is 3.04. The smallest absolute Gasteiger partial charge is 0.303 e. The van der Waals surface area contributed by atoms with Crippen LogP contribution in [0.4, 0.5) is 0 Å². The first kappa shape index (κ1) is 13.7. The molecular formula is C12H19NO4. The quantitative estimate of drug-likeness (QED) is 0.765. The molecule has 1 aliphatic heterocycles. The van der Waals surface area contributed by atoms with E-state index in [-0.39, 0.29) is 30.7 Å². The Morgan fingerprint density at radius 1 is 1.41 bits per heavy atom. The molecule has 96 valence electrons. The van der Waals surface area contributed by atoms with Gasteiger partial charge >= 0.3 is 5.97 Å². The Kier molecular flexibility index (Phi) is 5.12. The predicted octanol–water partition coefficient (Wildman–Crippen LogP) is 1.56. The molecule has 0 aromatic carbocycles. The number of nitrogens with zero attached hydrogens (tertiary/aromatic N) is 1. The van der Waals surface area contributed by atoms with Crippen molar-refractivity contribution in [2.24, 2.45) is 0 Å². The van der Waals surface area contributed by atoms with E-state index in [0.717, 1.165) is 25.7 Å². The average Bonchev–Trinajstić information content (AvgIpc) is 2.64. The lowest BCUT2D eigenvalue weighted by molar-refractivity contribution is -0.147. The van der Waals surface area contributed by atoms with Crippen molar-refractivity contribution < 1.29 is 19.5 Å². The van der Waals surface area contributed by atoms with Crippen molar-refractivity contribution >= 4 is 17.8 Å². The SMILES string of the molecule is CCCCC1CCC(=O)N1C(=O)CCC(=O)O. The van der Waals surface area contributed by atoms with E-state index in [9.17, 15) is 14.4 Å². The van der Waals surface area contributed by atoms with E-state index in [2.05, 4.69) is 6.92 Å². The van der Waals surface area contributed by atoms with Gasteiger partial charge in [0.05, 0.1) is 6.42 Å². The van der Waals surface area contributed by atoms with Gasteiger partial charge in [-0.1, -0.05) is 19.8 Å². The maximum Gasteiger partial charge on any atom is 0.303 e. The van der Waals surface area contributed by atoms with Gasteiger partial charge in [0.2, 0.25) is 11.8 Å². The van der Waals surface area contributed by atoms with Crippen LogP contribution in [0.5, 0.6) is 0 Å². The molecule has 2 amide bonds. The van der Waals surface area contributed by atoms with Crippen molar-refractivity contribution in [2.45, 2.75) is 57.9 Å². The Morgan fingerprint density at radius 2 is 2.12 bits per heavy atom. The highest BCUT2D eigenvalue weighted by atomic mass is 16.4. The molecule has 1 saturated heterocycles. The third-order valence-electron chi connectivity index (χ3n) is 3.04. The summed E-state index contributed by atoms with van der Waals surface area (Å²) in [6, 6.07) is -0.0104. The molecule has 0 radical (unpaired) electrons. The summed E-state index contributed by atoms with van der Waals surface area (Å²) in [5, 5.41) is 8.52.